The number of thioether (sulfide) groups is 2. The third-order valence-corrected chi connectivity index (χ3v) is 9.82. The molecule has 0 spiro atoms. The van der Waals surface area contributed by atoms with Gasteiger partial charge in [-0.25, -0.2) is 24.5 Å². The Morgan fingerprint density at radius 3 is 2.45 bits per heavy atom. The van der Waals surface area contributed by atoms with Crippen molar-refractivity contribution in [2.24, 2.45) is 5.16 Å². The summed E-state index contributed by atoms with van der Waals surface area (Å²) in [5, 5.41) is 46.2. The number of phenols is 2. The number of aromatic hydroxyl groups is 2. The number of fused-ring (bicyclic) bond motifs is 1. The first-order valence-corrected chi connectivity index (χ1v) is 16.1. The fraction of sp³-hybridized carbons (Fsp3) is 0.231. The predicted molar refractivity (Wildman–Crippen MR) is 170 cm³/mol. The molecule has 0 aliphatic carbocycles. The number of carboxylic acid groups (broad SMARTS) is 2. The number of nitrogens with two attached hydrogens (primary N) is 3. The highest BCUT2D eigenvalue weighted by Crippen LogP contribution is 2.41. The van der Waals surface area contributed by atoms with E-state index >= 15 is 0 Å². The van der Waals surface area contributed by atoms with Gasteiger partial charge in [0.15, 0.2) is 27.5 Å². The average molecular weight is 704 g/mol. The standard InChI is InChI=1S/C26H25N9O9S3/c1-8-18(27)32-26(33-19(8)28)47-6-10-5-45-22-15(21(39)35(22)16(10)23(40)41)31-20(38)14(11-7-46-25(29)30-11)34-44-17(24(42)43)9-2-3-12(36)13(37)4-9/h2-4,7,15,17,22,36-37H,5-6H2,1H3,(H2,29,30)(H,31,38)(H,40,41)(H,42,43)(H4,27,28,32,33)/b34-14-/t15?,17-,22+/m1/s1. The lowest BCUT2D eigenvalue weighted by molar-refractivity contribution is -0.151. The van der Waals surface area contributed by atoms with E-state index in [0.717, 1.165) is 40.1 Å². The number of β-lactam (4-membered cyclic amide) rings is 1. The first kappa shape index (κ1) is 33.1. The van der Waals surface area contributed by atoms with Crippen LogP contribution in [0.5, 0.6) is 11.5 Å². The van der Waals surface area contributed by atoms with Crippen molar-refractivity contribution in [3.63, 3.8) is 0 Å². The summed E-state index contributed by atoms with van der Waals surface area (Å²) in [6.45, 7) is 1.66. The Morgan fingerprint density at radius 1 is 1.15 bits per heavy atom. The molecule has 5 rings (SSSR count). The number of hydrogen-bond acceptors (Lipinski definition) is 17. The number of hydrogen-bond donors (Lipinski definition) is 8. The first-order valence-electron chi connectivity index (χ1n) is 13.2. The van der Waals surface area contributed by atoms with Gasteiger partial charge in [-0.1, -0.05) is 23.0 Å². The van der Waals surface area contributed by atoms with Crippen LogP contribution in [0.2, 0.25) is 0 Å². The molecule has 1 aromatic carbocycles. The van der Waals surface area contributed by atoms with E-state index in [2.05, 4.69) is 25.4 Å². The number of thiazole rings is 1. The maximum atomic E-state index is 13.4. The molecule has 18 nitrogen and oxygen atoms in total. The molecule has 11 N–H and O–H groups in total. The van der Waals surface area contributed by atoms with Crippen molar-refractivity contribution in [1.82, 2.24) is 25.2 Å². The number of aromatic nitrogens is 3. The average Bonchev–Trinajstić information content (AvgIpc) is 3.45. The fourth-order valence-corrected chi connectivity index (χ4v) is 7.30. The molecule has 2 amide bonds. The molecule has 246 valence electrons. The van der Waals surface area contributed by atoms with Gasteiger partial charge >= 0.3 is 11.9 Å². The maximum absolute atomic E-state index is 13.4. The largest absolute Gasteiger partial charge is 0.504 e. The van der Waals surface area contributed by atoms with Crippen LogP contribution in [0.3, 0.4) is 0 Å². The number of aliphatic carboxylic acids is 2. The lowest BCUT2D eigenvalue weighted by atomic mass is 10.0. The summed E-state index contributed by atoms with van der Waals surface area (Å²) >= 11 is 3.27. The second-order valence-electron chi connectivity index (χ2n) is 9.89. The summed E-state index contributed by atoms with van der Waals surface area (Å²) < 4.78 is 0. The molecular weight excluding hydrogens is 679 g/mol. The molecule has 2 aliphatic heterocycles. The molecular formula is C26H25N9O9S3. The Labute approximate surface area is 276 Å². The number of nitrogens with one attached hydrogen (secondary N) is 1. The number of nitrogens with zero attached hydrogens (tertiary/aromatic N) is 5. The van der Waals surface area contributed by atoms with Crippen LogP contribution in [-0.2, 0) is 24.0 Å². The SMILES string of the molecule is Cc1c(N)nc(SCC2=C(C(=O)O)N3C(=O)C(NC(=O)/C(=N\O[C@@H](C(=O)O)c4ccc(O)c(O)c4)c4csc(N)n4)[C@@H]3SC2)nc1N. The van der Waals surface area contributed by atoms with Crippen molar-refractivity contribution in [2.45, 2.75) is 29.6 Å². The molecule has 0 bridgehead atoms. The molecule has 2 aromatic heterocycles. The third kappa shape index (κ3) is 6.66. The fourth-order valence-electron chi connectivity index (χ4n) is 4.41. The Morgan fingerprint density at radius 2 is 1.85 bits per heavy atom. The minimum absolute atomic E-state index is 0.0514. The van der Waals surface area contributed by atoms with Crippen LogP contribution in [0.15, 0.2) is 45.2 Å². The number of anilines is 3. The number of rotatable bonds is 11. The van der Waals surface area contributed by atoms with Gasteiger partial charge in [-0.05, 0) is 24.6 Å². The van der Waals surface area contributed by atoms with E-state index in [0.29, 0.717) is 11.1 Å². The van der Waals surface area contributed by atoms with Crippen LogP contribution >= 0.6 is 34.9 Å². The van der Waals surface area contributed by atoms with Crippen LogP contribution in [0.25, 0.3) is 0 Å². The number of nitrogen functional groups attached to an aromatic ring is 3. The van der Waals surface area contributed by atoms with Gasteiger partial charge in [0.25, 0.3) is 11.8 Å². The van der Waals surface area contributed by atoms with Crippen LogP contribution in [0.4, 0.5) is 16.8 Å². The van der Waals surface area contributed by atoms with E-state index in [4.69, 9.17) is 22.0 Å². The summed E-state index contributed by atoms with van der Waals surface area (Å²) in [5.74, 6) is -5.00. The van der Waals surface area contributed by atoms with Crippen LogP contribution in [0.1, 0.15) is 22.9 Å². The topological polar surface area (TPSA) is 303 Å². The molecule has 0 radical (unpaired) electrons. The van der Waals surface area contributed by atoms with E-state index in [1.807, 2.05) is 0 Å². The van der Waals surface area contributed by atoms with Crippen molar-refractivity contribution in [3.8, 4) is 11.5 Å². The van der Waals surface area contributed by atoms with Crippen LogP contribution in [-0.4, -0.2) is 92.7 Å². The number of oxime groups is 1. The van der Waals surface area contributed by atoms with Gasteiger partial charge in [-0.2, -0.15) is 0 Å². The smallest absolute Gasteiger partial charge is 0.352 e. The molecule has 1 unspecified atom stereocenters. The van der Waals surface area contributed by atoms with Gasteiger partial charge < -0.3 is 47.8 Å². The monoisotopic (exact) mass is 703 g/mol. The van der Waals surface area contributed by atoms with E-state index in [1.54, 1.807) is 6.92 Å². The second-order valence-corrected chi connectivity index (χ2v) is 12.8. The molecule has 2 aliphatic rings. The van der Waals surface area contributed by atoms with E-state index < -0.39 is 58.5 Å². The van der Waals surface area contributed by atoms with Crippen molar-refractivity contribution in [1.29, 1.82) is 0 Å². The summed E-state index contributed by atoms with van der Waals surface area (Å²) in [6, 6.07) is 1.99. The minimum Gasteiger partial charge on any atom is -0.504 e. The zero-order valence-corrected chi connectivity index (χ0v) is 26.4. The van der Waals surface area contributed by atoms with Crippen molar-refractivity contribution in [2.75, 3.05) is 28.7 Å². The Hall–Kier alpha value is -5.28. The summed E-state index contributed by atoms with van der Waals surface area (Å²) in [4.78, 5) is 69.5. The molecule has 47 heavy (non-hydrogen) atoms. The zero-order chi connectivity index (χ0) is 34.2. The molecule has 4 heterocycles. The van der Waals surface area contributed by atoms with E-state index in [9.17, 15) is 39.6 Å². The highest BCUT2D eigenvalue weighted by atomic mass is 32.2. The Balaban J connectivity index is 1.35. The van der Waals surface area contributed by atoms with Crippen LogP contribution in [0, 0.1) is 6.92 Å². The van der Waals surface area contributed by atoms with E-state index in [1.165, 1.54) is 23.2 Å². The quantitative estimate of drug-likeness (QED) is 0.0336. The maximum Gasteiger partial charge on any atom is 0.352 e. The first-order chi connectivity index (χ1) is 22.3. The van der Waals surface area contributed by atoms with Gasteiger partial charge in [0.2, 0.25) is 6.10 Å². The Kier molecular flexibility index (Phi) is 9.31. The van der Waals surface area contributed by atoms with Gasteiger partial charge in [0.1, 0.15) is 34.4 Å². The van der Waals surface area contributed by atoms with Gasteiger partial charge in [-0.3, -0.25) is 14.5 Å². The van der Waals surface area contributed by atoms with Gasteiger partial charge in [-0.15, -0.1) is 23.1 Å². The highest BCUT2D eigenvalue weighted by molar-refractivity contribution is 8.01. The third-order valence-electron chi connectivity index (χ3n) is 6.87. The number of phenolic OH excluding ortho intramolecular Hbond substituents is 2. The summed E-state index contributed by atoms with van der Waals surface area (Å²) in [7, 11) is 0. The van der Waals surface area contributed by atoms with Crippen LogP contribution < -0.4 is 22.5 Å². The zero-order valence-electron chi connectivity index (χ0n) is 24.0. The molecule has 21 heteroatoms. The lowest BCUT2D eigenvalue weighted by Gasteiger charge is -2.49. The molecule has 1 saturated heterocycles. The van der Waals surface area contributed by atoms with Crippen molar-refractivity contribution >= 4 is 81.1 Å². The molecule has 3 atom stereocenters. The summed E-state index contributed by atoms with van der Waals surface area (Å²) in [5.41, 5.74) is 17.4. The Bertz CT molecular complexity index is 1840. The molecule has 1 fully saturated rings. The van der Waals surface area contributed by atoms with E-state index in [-0.39, 0.29) is 50.4 Å². The number of amides is 2. The second kappa shape index (κ2) is 13.2. The van der Waals surface area contributed by atoms with Gasteiger partial charge in [0, 0.05) is 28.0 Å². The molecule has 3 aromatic rings. The predicted octanol–water partition coefficient (Wildman–Crippen LogP) is 0.477. The summed E-state index contributed by atoms with van der Waals surface area (Å²) in [6.07, 6.45) is -1.83. The normalized spacial score (nSPS) is 18.3. The van der Waals surface area contributed by atoms with Gasteiger partial charge in [0.05, 0.1) is 0 Å². The number of benzene rings is 1. The lowest BCUT2D eigenvalue weighted by Crippen LogP contribution is -2.71. The number of carbonyl (C=O) groups is 4. The van der Waals surface area contributed by atoms with Crippen molar-refractivity contribution in [3.05, 3.63) is 51.7 Å². The minimum atomic E-state index is -1.83. The van der Waals surface area contributed by atoms with Crippen molar-refractivity contribution < 1.29 is 44.4 Å². The number of carboxylic acids is 2. The molecule has 0 saturated carbocycles. The number of carbonyl (C=O) groups excluding carboxylic acids is 2. The highest BCUT2D eigenvalue weighted by Gasteiger charge is 2.54.